The van der Waals surface area contributed by atoms with Crippen molar-refractivity contribution < 1.29 is 9.59 Å². The van der Waals surface area contributed by atoms with E-state index >= 15 is 0 Å². The van der Waals surface area contributed by atoms with Gasteiger partial charge in [0.1, 0.15) is 0 Å². The Balaban J connectivity index is 1.36. The van der Waals surface area contributed by atoms with Gasteiger partial charge in [0.25, 0.3) is 0 Å². The summed E-state index contributed by atoms with van der Waals surface area (Å²) in [4.78, 5) is 30.9. The lowest BCUT2D eigenvalue weighted by molar-refractivity contribution is -0.152. The topological polar surface area (TPSA) is 43.9 Å². The van der Waals surface area contributed by atoms with Crippen molar-refractivity contribution in [3.05, 3.63) is 64.7 Å². The summed E-state index contributed by atoms with van der Waals surface area (Å²) >= 11 is 6.07. The minimum atomic E-state index is -0.389. The smallest absolute Gasteiger partial charge is 0.312 e. The highest BCUT2D eigenvalue weighted by Gasteiger charge is 2.31. The van der Waals surface area contributed by atoms with Crippen molar-refractivity contribution in [2.24, 2.45) is 0 Å². The number of benzene rings is 2. The molecule has 27 heavy (non-hydrogen) atoms. The number of carbonyl (C=O) groups excluding carboxylic acids is 2. The van der Waals surface area contributed by atoms with E-state index in [9.17, 15) is 9.59 Å². The maximum absolute atomic E-state index is 12.7. The van der Waals surface area contributed by atoms with Gasteiger partial charge in [-0.25, -0.2) is 0 Å². The number of hydrogen-bond acceptors (Lipinski definition) is 3. The molecular formula is C21H22ClN3O2. The molecule has 4 rings (SSSR count). The number of fused-ring (bicyclic) bond motifs is 1. The molecule has 2 amide bonds. The summed E-state index contributed by atoms with van der Waals surface area (Å²) in [6.07, 6.45) is 0.803. The molecule has 5 nitrogen and oxygen atoms in total. The first-order chi connectivity index (χ1) is 13.1. The molecule has 2 aromatic carbocycles. The zero-order valence-electron chi connectivity index (χ0n) is 15.1. The van der Waals surface area contributed by atoms with Crippen LogP contribution in [0.1, 0.15) is 11.1 Å². The maximum atomic E-state index is 12.7. The first kappa shape index (κ1) is 17.9. The molecule has 0 atom stereocenters. The zero-order chi connectivity index (χ0) is 18.8. The van der Waals surface area contributed by atoms with Crippen molar-refractivity contribution in [1.82, 2.24) is 9.80 Å². The number of anilines is 1. The van der Waals surface area contributed by atoms with Crippen molar-refractivity contribution in [3.8, 4) is 0 Å². The number of carbonyl (C=O) groups is 2. The van der Waals surface area contributed by atoms with Crippen LogP contribution in [0.15, 0.2) is 48.5 Å². The fraction of sp³-hybridized carbons (Fsp3) is 0.333. The average Bonchev–Trinajstić information content (AvgIpc) is 2.72. The number of piperazine rings is 1. The van der Waals surface area contributed by atoms with Gasteiger partial charge in [0.05, 0.1) is 0 Å². The van der Waals surface area contributed by atoms with Gasteiger partial charge in [-0.3, -0.25) is 9.59 Å². The Morgan fingerprint density at radius 1 is 0.778 bits per heavy atom. The molecule has 0 unspecified atom stereocenters. The van der Waals surface area contributed by atoms with Crippen LogP contribution in [0.4, 0.5) is 5.69 Å². The lowest BCUT2D eigenvalue weighted by Gasteiger charge is -2.37. The minimum absolute atomic E-state index is 0.388. The Bertz CT molecular complexity index is 862. The van der Waals surface area contributed by atoms with Gasteiger partial charge in [-0.15, -0.1) is 0 Å². The molecule has 2 heterocycles. The Hall–Kier alpha value is -2.53. The molecule has 0 N–H and O–H groups in total. The molecule has 1 fully saturated rings. The number of nitrogens with zero attached hydrogens (tertiary/aromatic N) is 3. The number of rotatable bonds is 1. The molecule has 2 aliphatic rings. The highest BCUT2D eigenvalue weighted by Crippen LogP contribution is 2.22. The van der Waals surface area contributed by atoms with Crippen molar-refractivity contribution in [2.45, 2.75) is 13.0 Å². The van der Waals surface area contributed by atoms with Crippen molar-refractivity contribution in [1.29, 1.82) is 0 Å². The Morgan fingerprint density at radius 3 is 2.22 bits per heavy atom. The number of amides is 2. The molecule has 0 radical (unpaired) electrons. The molecule has 6 heteroatoms. The van der Waals surface area contributed by atoms with Crippen LogP contribution in [0.3, 0.4) is 0 Å². The summed E-state index contributed by atoms with van der Waals surface area (Å²) in [5.41, 5.74) is 3.45. The van der Waals surface area contributed by atoms with Crippen molar-refractivity contribution >= 4 is 29.1 Å². The third-order valence-electron chi connectivity index (χ3n) is 5.34. The van der Waals surface area contributed by atoms with Crippen LogP contribution in [0, 0.1) is 0 Å². The molecule has 2 aliphatic heterocycles. The molecule has 0 aromatic heterocycles. The van der Waals surface area contributed by atoms with Gasteiger partial charge in [0, 0.05) is 50.0 Å². The summed E-state index contributed by atoms with van der Waals surface area (Å²) in [6.45, 7) is 3.60. The summed E-state index contributed by atoms with van der Waals surface area (Å²) in [5, 5.41) is 0.701. The molecule has 0 bridgehead atoms. The lowest BCUT2D eigenvalue weighted by Crippen LogP contribution is -2.53. The highest BCUT2D eigenvalue weighted by atomic mass is 35.5. The predicted octanol–water partition coefficient (Wildman–Crippen LogP) is 2.57. The number of halogens is 1. The van der Waals surface area contributed by atoms with Crippen LogP contribution in [-0.4, -0.2) is 54.3 Å². The van der Waals surface area contributed by atoms with Gasteiger partial charge >= 0.3 is 11.8 Å². The summed E-state index contributed by atoms with van der Waals surface area (Å²) < 4.78 is 0. The van der Waals surface area contributed by atoms with Crippen LogP contribution in [-0.2, 0) is 22.6 Å². The maximum Gasteiger partial charge on any atom is 0.312 e. The van der Waals surface area contributed by atoms with E-state index in [2.05, 4.69) is 11.0 Å². The monoisotopic (exact) mass is 383 g/mol. The molecule has 140 valence electrons. The predicted molar refractivity (Wildman–Crippen MR) is 106 cm³/mol. The van der Waals surface area contributed by atoms with Gasteiger partial charge in [-0.1, -0.05) is 41.9 Å². The minimum Gasteiger partial charge on any atom is -0.368 e. The first-order valence-electron chi connectivity index (χ1n) is 9.27. The van der Waals surface area contributed by atoms with Crippen LogP contribution in [0.5, 0.6) is 0 Å². The van der Waals surface area contributed by atoms with Gasteiger partial charge in [0.15, 0.2) is 0 Å². The molecule has 0 saturated carbocycles. The third-order valence-corrected chi connectivity index (χ3v) is 5.58. The van der Waals surface area contributed by atoms with E-state index in [4.69, 9.17) is 11.6 Å². The zero-order valence-corrected chi connectivity index (χ0v) is 15.9. The van der Waals surface area contributed by atoms with Crippen LogP contribution >= 0.6 is 11.6 Å². The van der Waals surface area contributed by atoms with Gasteiger partial charge in [-0.2, -0.15) is 0 Å². The summed E-state index contributed by atoms with van der Waals surface area (Å²) in [6, 6.07) is 15.8. The lowest BCUT2D eigenvalue weighted by atomic mass is 10.00. The summed E-state index contributed by atoms with van der Waals surface area (Å²) in [7, 11) is 0. The Labute approximate surface area is 164 Å². The summed E-state index contributed by atoms with van der Waals surface area (Å²) in [5.74, 6) is -0.777. The van der Waals surface area contributed by atoms with Gasteiger partial charge in [0.2, 0.25) is 0 Å². The van der Waals surface area contributed by atoms with E-state index < -0.39 is 0 Å². The van der Waals surface area contributed by atoms with Crippen LogP contribution in [0.25, 0.3) is 0 Å². The van der Waals surface area contributed by atoms with Crippen molar-refractivity contribution in [3.63, 3.8) is 0 Å². The average molecular weight is 384 g/mol. The first-order valence-corrected chi connectivity index (χ1v) is 9.65. The third kappa shape index (κ3) is 3.78. The molecule has 1 saturated heterocycles. The number of hydrogen-bond donors (Lipinski definition) is 0. The molecule has 0 spiro atoms. The molecule has 2 aromatic rings. The molecule has 0 aliphatic carbocycles. The van der Waals surface area contributed by atoms with Crippen LogP contribution in [0.2, 0.25) is 5.02 Å². The Kier molecular flexibility index (Phi) is 5.03. The second-order valence-electron chi connectivity index (χ2n) is 7.00. The second-order valence-corrected chi connectivity index (χ2v) is 7.44. The van der Waals surface area contributed by atoms with E-state index in [1.54, 1.807) is 9.80 Å². The van der Waals surface area contributed by atoms with Crippen molar-refractivity contribution in [2.75, 3.05) is 37.6 Å². The molecular weight excluding hydrogens is 362 g/mol. The largest absolute Gasteiger partial charge is 0.368 e. The van der Waals surface area contributed by atoms with E-state index in [1.165, 1.54) is 5.56 Å². The Morgan fingerprint density at radius 2 is 1.48 bits per heavy atom. The van der Waals surface area contributed by atoms with E-state index in [0.29, 0.717) is 44.3 Å². The highest BCUT2D eigenvalue weighted by molar-refractivity contribution is 6.35. The second kappa shape index (κ2) is 7.61. The van der Waals surface area contributed by atoms with E-state index in [-0.39, 0.29) is 11.8 Å². The van der Waals surface area contributed by atoms with Crippen LogP contribution < -0.4 is 4.90 Å². The van der Waals surface area contributed by atoms with Gasteiger partial charge < -0.3 is 14.7 Å². The van der Waals surface area contributed by atoms with Gasteiger partial charge in [-0.05, 0) is 35.7 Å². The fourth-order valence-corrected chi connectivity index (χ4v) is 3.96. The SMILES string of the molecule is O=C(C(=O)N1CCc2ccccc2C1)N1CCN(c2cccc(Cl)c2)CC1. The quantitative estimate of drug-likeness (QED) is 0.711. The van der Waals surface area contributed by atoms with E-state index in [0.717, 1.165) is 17.7 Å². The standard InChI is InChI=1S/C21H22ClN3O2/c22-18-6-3-7-19(14-18)23-10-12-24(13-11-23)20(26)21(27)25-9-8-16-4-1-2-5-17(16)15-25/h1-7,14H,8-13,15H2. The van der Waals surface area contributed by atoms with E-state index in [1.807, 2.05) is 42.5 Å². The fourth-order valence-electron chi connectivity index (χ4n) is 3.78. The normalized spacial score (nSPS) is 16.9.